The highest BCUT2D eigenvalue weighted by Gasteiger charge is 2.32. The largest absolute Gasteiger partial charge is 0.227 e. The van der Waals surface area contributed by atoms with Crippen molar-refractivity contribution in [3.8, 4) is 22.4 Å². The zero-order valence-corrected chi connectivity index (χ0v) is 15.5. The van der Waals surface area contributed by atoms with Gasteiger partial charge in [0, 0.05) is 23.1 Å². The molecule has 0 radical (unpaired) electrons. The summed E-state index contributed by atoms with van der Waals surface area (Å²) in [6, 6.07) is 22.9. The number of hydrogen-bond acceptors (Lipinski definition) is 0. The van der Waals surface area contributed by atoms with Crippen LogP contribution in [-0.4, -0.2) is 0 Å². The normalized spacial score (nSPS) is 11.3. The fourth-order valence-corrected chi connectivity index (χ4v) is 3.95. The Balaban J connectivity index is 2.15. The van der Waals surface area contributed by atoms with Crippen LogP contribution >= 0.6 is 0 Å². The molecule has 0 amide bonds. The van der Waals surface area contributed by atoms with Crippen LogP contribution in [0.3, 0.4) is 0 Å². The summed E-state index contributed by atoms with van der Waals surface area (Å²) >= 11 is 0. The van der Waals surface area contributed by atoms with Crippen molar-refractivity contribution in [1.29, 1.82) is 0 Å². The van der Waals surface area contributed by atoms with Gasteiger partial charge in [0.25, 0.3) is 0 Å². The average molecular weight is 404 g/mol. The summed E-state index contributed by atoms with van der Waals surface area (Å²) in [6.07, 6.45) is 1.70. The third kappa shape index (κ3) is 2.59. The van der Waals surface area contributed by atoms with E-state index >= 15 is 8.78 Å². The predicted octanol–water partition coefficient (Wildman–Crippen LogP) is 6.47. The second kappa shape index (κ2) is 6.95. The molecule has 0 spiro atoms. The molecule has 0 aliphatic heterocycles. The second-order valence-corrected chi connectivity index (χ2v) is 6.92. The van der Waals surface area contributed by atoms with Gasteiger partial charge in [-0.05, 0) is 23.8 Å². The van der Waals surface area contributed by atoms with Crippen LogP contribution in [0.2, 0.25) is 0 Å². The van der Waals surface area contributed by atoms with E-state index in [1.54, 1.807) is 59.1 Å². The Bertz CT molecular complexity index is 1410. The molecule has 0 bridgehead atoms. The van der Waals surface area contributed by atoms with Crippen LogP contribution < -0.4 is 4.40 Å². The lowest BCUT2D eigenvalue weighted by molar-refractivity contribution is -0.497. The first-order chi connectivity index (χ1) is 14.6. The van der Waals surface area contributed by atoms with Crippen molar-refractivity contribution in [1.82, 2.24) is 0 Å². The van der Waals surface area contributed by atoms with E-state index < -0.39 is 23.3 Å². The maximum absolute atomic E-state index is 15.2. The average Bonchev–Trinajstić information content (AvgIpc) is 2.81. The number of fused-ring (bicyclic) bond motifs is 3. The van der Waals surface area contributed by atoms with Crippen molar-refractivity contribution < 1.29 is 22.0 Å². The van der Waals surface area contributed by atoms with Crippen LogP contribution in [0.1, 0.15) is 0 Å². The molecule has 0 aliphatic carbocycles. The molecule has 2 aromatic heterocycles. The van der Waals surface area contributed by atoms with E-state index in [2.05, 4.69) is 0 Å². The Kier molecular flexibility index (Phi) is 4.24. The van der Waals surface area contributed by atoms with Crippen molar-refractivity contribution in [3.05, 3.63) is 108 Å². The highest BCUT2D eigenvalue weighted by Crippen LogP contribution is 2.40. The van der Waals surface area contributed by atoms with Crippen LogP contribution in [0.4, 0.5) is 17.6 Å². The van der Waals surface area contributed by atoms with Gasteiger partial charge in [0.05, 0.1) is 10.9 Å². The Morgan fingerprint density at radius 2 is 1.03 bits per heavy atom. The molecule has 0 atom stereocenters. The van der Waals surface area contributed by atoms with Gasteiger partial charge in [-0.15, -0.1) is 0 Å². The Morgan fingerprint density at radius 1 is 0.500 bits per heavy atom. The SMILES string of the molecule is Fc1c(F)c(F)c2c(c1F)c(-c1ccccc1)c(-c1ccccc1)[n+]1ccccc21. The van der Waals surface area contributed by atoms with Gasteiger partial charge in [0.2, 0.25) is 11.2 Å². The molecule has 0 fully saturated rings. The second-order valence-electron chi connectivity index (χ2n) is 6.92. The third-order valence-corrected chi connectivity index (χ3v) is 5.22. The Morgan fingerprint density at radius 3 is 1.67 bits per heavy atom. The van der Waals surface area contributed by atoms with Gasteiger partial charge in [0.1, 0.15) is 0 Å². The fraction of sp³-hybridized carbons (Fsp3) is 0. The smallest absolute Gasteiger partial charge is 0.203 e. The minimum absolute atomic E-state index is 0.237. The van der Waals surface area contributed by atoms with Gasteiger partial charge < -0.3 is 0 Å². The van der Waals surface area contributed by atoms with E-state index in [9.17, 15) is 8.78 Å². The number of rotatable bonds is 2. The molecule has 0 aliphatic rings. The minimum atomic E-state index is -1.82. The zero-order chi connectivity index (χ0) is 20.8. The molecule has 2 heterocycles. The molecule has 0 N–H and O–H groups in total. The standard InChI is InChI=1S/C25H14F4N/c26-21-19-17-13-7-8-14-30(17)25(16-11-5-2-6-12-16)18(15-9-3-1-4-10-15)20(19)22(27)24(29)23(21)28/h1-14H/q+1. The van der Waals surface area contributed by atoms with Crippen LogP contribution in [0.25, 0.3) is 38.7 Å². The maximum Gasteiger partial charge on any atom is 0.227 e. The third-order valence-electron chi connectivity index (χ3n) is 5.22. The Hall–Kier alpha value is -3.73. The van der Waals surface area contributed by atoms with Crippen molar-refractivity contribution in [2.24, 2.45) is 0 Å². The zero-order valence-electron chi connectivity index (χ0n) is 15.5. The van der Waals surface area contributed by atoms with E-state index in [4.69, 9.17) is 0 Å². The van der Waals surface area contributed by atoms with Crippen molar-refractivity contribution in [2.45, 2.75) is 0 Å². The van der Waals surface area contributed by atoms with Crippen molar-refractivity contribution >= 4 is 16.3 Å². The number of benzene rings is 3. The van der Waals surface area contributed by atoms with Crippen LogP contribution in [-0.2, 0) is 0 Å². The van der Waals surface area contributed by atoms with E-state index in [0.717, 1.165) is 5.56 Å². The molecule has 30 heavy (non-hydrogen) atoms. The lowest BCUT2D eigenvalue weighted by Crippen LogP contribution is -2.26. The summed E-state index contributed by atoms with van der Waals surface area (Å²) in [7, 11) is 0. The lowest BCUT2D eigenvalue weighted by Gasteiger charge is -2.14. The van der Waals surface area contributed by atoms with Crippen molar-refractivity contribution in [3.63, 3.8) is 0 Å². The fourth-order valence-electron chi connectivity index (χ4n) is 3.95. The van der Waals surface area contributed by atoms with Gasteiger partial charge in [-0.3, -0.25) is 0 Å². The molecule has 5 heteroatoms. The number of halogens is 4. The van der Waals surface area contributed by atoms with Gasteiger partial charge in [-0.2, -0.15) is 4.40 Å². The molecular formula is C25H14F4N+. The number of aromatic nitrogens is 1. The molecule has 0 unspecified atom stereocenters. The highest BCUT2D eigenvalue weighted by atomic mass is 19.2. The predicted molar refractivity (Wildman–Crippen MR) is 108 cm³/mol. The number of nitrogens with zero attached hydrogens (tertiary/aromatic N) is 1. The van der Waals surface area contributed by atoms with E-state index in [1.807, 2.05) is 30.3 Å². The molecule has 0 saturated heterocycles. The van der Waals surface area contributed by atoms with Crippen LogP contribution in [0.5, 0.6) is 0 Å². The van der Waals surface area contributed by atoms with Crippen LogP contribution in [0.15, 0.2) is 85.1 Å². The van der Waals surface area contributed by atoms with Gasteiger partial charge in [-0.25, -0.2) is 17.6 Å². The first kappa shape index (κ1) is 18.3. The first-order valence-corrected chi connectivity index (χ1v) is 9.32. The molecule has 3 aromatic carbocycles. The minimum Gasteiger partial charge on any atom is -0.203 e. The maximum atomic E-state index is 15.2. The van der Waals surface area contributed by atoms with Gasteiger partial charge in [-0.1, -0.05) is 48.5 Å². The van der Waals surface area contributed by atoms with Crippen molar-refractivity contribution in [2.75, 3.05) is 0 Å². The molecular weight excluding hydrogens is 390 g/mol. The van der Waals surface area contributed by atoms with E-state index in [0.29, 0.717) is 11.3 Å². The summed E-state index contributed by atoms with van der Waals surface area (Å²) in [4.78, 5) is 0. The van der Waals surface area contributed by atoms with Crippen LogP contribution in [0, 0.1) is 23.3 Å². The summed E-state index contributed by atoms with van der Waals surface area (Å²) in [5.74, 6) is -6.47. The molecule has 146 valence electrons. The van der Waals surface area contributed by atoms with E-state index in [-0.39, 0.29) is 21.9 Å². The summed E-state index contributed by atoms with van der Waals surface area (Å²) in [5.41, 5.74) is 2.36. The molecule has 5 rings (SSSR count). The monoisotopic (exact) mass is 404 g/mol. The molecule has 0 saturated carbocycles. The lowest BCUT2D eigenvalue weighted by atomic mass is 9.92. The van der Waals surface area contributed by atoms with E-state index in [1.165, 1.54) is 0 Å². The Labute approximate surface area is 169 Å². The van der Waals surface area contributed by atoms with Gasteiger partial charge in [0.15, 0.2) is 29.5 Å². The van der Waals surface area contributed by atoms with Gasteiger partial charge >= 0.3 is 0 Å². The number of hydrogen-bond donors (Lipinski definition) is 0. The highest BCUT2D eigenvalue weighted by molar-refractivity contribution is 6.07. The first-order valence-electron chi connectivity index (χ1n) is 9.32. The quantitative estimate of drug-likeness (QED) is 0.104. The summed E-state index contributed by atoms with van der Waals surface area (Å²) in [6.45, 7) is 0. The summed E-state index contributed by atoms with van der Waals surface area (Å²) < 4.78 is 60.5. The topological polar surface area (TPSA) is 4.10 Å². The number of pyridine rings is 2. The molecule has 5 aromatic rings. The molecule has 1 nitrogen and oxygen atoms in total. The summed E-state index contributed by atoms with van der Waals surface area (Å²) in [5, 5.41) is -0.590.